The third-order valence-corrected chi connectivity index (χ3v) is 4.26. The Bertz CT molecular complexity index is 814. The fourth-order valence-corrected chi connectivity index (χ4v) is 2.63. The van der Waals surface area contributed by atoms with Crippen molar-refractivity contribution < 1.29 is 22.7 Å². The molecule has 7 heteroatoms. The summed E-state index contributed by atoms with van der Waals surface area (Å²) < 4.78 is 35.9. The van der Waals surface area contributed by atoms with Gasteiger partial charge in [0, 0.05) is 5.41 Å². The van der Waals surface area contributed by atoms with Crippen molar-refractivity contribution in [3.8, 4) is 5.75 Å². The van der Waals surface area contributed by atoms with E-state index in [1.807, 2.05) is 6.07 Å². The van der Waals surface area contributed by atoms with Gasteiger partial charge in [-0.15, -0.1) is 0 Å². The summed E-state index contributed by atoms with van der Waals surface area (Å²) in [5, 5.41) is 1.01. The molecule has 0 aliphatic carbocycles. The van der Waals surface area contributed by atoms with Gasteiger partial charge in [-0.2, -0.15) is 0 Å². The number of sulfonamides is 1. The Morgan fingerprint density at radius 1 is 1.08 bits per heavy atom. The first kappa shape index (κ1) is 18.7. The maximum atomic E-state index is 11.8. The van der Waals surface area contributed by atoms with Gasteiger partial charge in [-0.05, 0) is 29.3 Å². The van der Waals surface area contributed by atoms with Crippen molar-refractivity contribution in [2.45, 2.75) is 6.61 Å². The number of esters is 1. The van der Waals surface area contributed by atoms with Gasteiger partial charge in [0.1, 0.15) is 18.9 Å². The van der Waals surface area contributed by atoms with E-state index in [0.29, 0.717) is 5.75 Å². The van der Waals surface area contributed by atoms with Gasteiger partial charge in [0.05, 0.1) is 7.11 Å². The first-order chi connectivity index (χ1) is 12.0. The molecule has 0 fully saturated rings. The van der Waals surface area contributed by atoms with Crippen LogP contribution in [0.25, 0.3) is 6.08 Å². The van der Waals surface area contributed by atoms with Gasteiger partial charge in [-0.3, -0.25) is 4.79 Å². The fourth-order valence-electron chi connectivity index (χ4n) is 1.88. The molecule has 0 atom stereocenters. The van der Waals surface area contributed by atoms with Crippen molar-refractivity contribution in [3.05, 3.63) is 71.1 Å². The third-order valence-electron chi connectivity index (χ3n) is 3.22. The Balaban J connectivity index is 1.79. The number of carbonyl (C=O) groups is 1. The third kappa shape index (κ3) is 6.78. The van der Waals surface area contributed by atoms with Crippen LogP contribution in [0.1, 0.15) is 11.1 Å². The molecule has 0 amide bonds. The van der Waals surface area contributed by atoms with Crippen LogP contribution in [0.3, 0.4) is 0 Å². The minimum Gasteiger partial charge on any atom is -0.497 e. The van der Waals surface area contributed by atoms with Crippen molar-refractivity contribution >= 4 is 22.1 Å². The molecular formula is C18H19NO5S. The highest BCUT2D eigenvalue weighted by molar-refractivity contribution is 7.92. The molecule has 0 aliphatic heterocycles. The number of methoxy groups -OCH3 is 1. The van der Waals surface area contributed by atoms with Crippen LogP contribution in [0, 0.1) is 0 Å². The highest BCUT2D eigenvalue weighted by Crippen LogP contribution is 2.11. The zero-order valence-corrected chi connectivity index (χ0v) is 14.5. The van der Waals surface area contributed by atoms with Crippen molar-refractivity contribution in [2.75, 3.05) is 13.7 Å². The lowest BCUT2D eigenvalue weighted by Crippen LogP contribution is -2.29. The molecule has 0 heterocycles. The summed E-state index contributed by atoms with van der Waals surface area (Å²) in [7, 11) is -2.15. The minimum atomic E-state index is -3.71. The molecule has 2 aromatic rings. The smallest absolute Gasteiger partial charge is 0.321 e. The number of carbonyl (C=O) groups excluding carboxylic acids is 1. The summed E-state index contributed by atoms with van der Waals surface area (Å²) >= 11 is 0. The van der Waals surface area contributed by atoms with Crippen LogP contribution < -0.4 is 9.46 Å². The van der Waals surface area contributed by atoms with Crippen LogP contribution in [0.5, 0.6) is 5.75 Å². The van der Waals surface area contributed by atoms with E-state index >= 15 is 0 Å². The van der Waals surface area contributed by atoms with E-state index in [0.717, 1.165) is 16.5 Å². The zero-order valence-electron chi connectivity index (χ0n) is 13.7. The van der Waals surface area contributed by atoms with E-state index < -0.39 is 22.5 Å². The molecule has 25 heavy (non-hydrogen) atoms. The number of hydrogen-bond acceptors (Lipinski definition) is 5. The van der Waals surface area contributed by atoms with Gasteiger partial charge in [0.25, 0.3) is 0 Å². The van der Waals surface area contributed by atoms with Crippen LogP contribution >= 0.6 is 0 Å². The van der Waals surface area contributed by atoms with E-state index in [-0.39, 0.29) is 6.61 Å². The minimum absolute atomic E-state index is 0.0599. The number of rotatable bonds is 8. The molecule has 0 aromatic heterocycles. The standard InChI is InChI=1S/C18H19NO5S/c1-23-17-9-7-16(8-10-17)14-24-18(20)13-19-25(21,22)12-11-15-5-3-2-4-6-15/h2-12,19H,13-14H2,1H3/b12-11+. The number of nitrogens with one attached hydrogen (secondary N) is 1. The second-order valence-corrected chi connectivity index (χ2v) is 6.74. The highest BCUT2D eigenvalue weighted by Gasteiger charge is 2.10. The number of hydrogen-bond donors (Lipinski definition) is 1. The number of ether oxygens (including phenoxy) is 2. The zero-order chi connectivity index (χ0) is 18.1. The van der Waals surface area contributed by atoms with Crippen LogP contribution in [0.15, 0.2) is 60.0 Å². The molecule has 0 unspecified atom stereocenters. The predicted octanol–water partition coefficient (Wildman–Crippen LogP) is 2.33. The maximum absolute atomic E-state index is 11.8. The average Bonchev–Trinajstić information content (AvgIpc) is 2.64. The second-order valence-electron chi connectivity index (χ2n) is 5.09. The van der Waals surface area contributed by atoms with Gasteiger partial charge >= 0.3 is 5.97 Å². The summed E-state index contributed by atoms with van der Waals surface area (Å²) in [5.74, 6) is 0.0422. The molecule has 0 spiro atoms. The lowest BCUT2D eigenvalue weighted by Gasteiger charge is -2.06. The maximum Gasteiger partial charge on any atom is 0.321 e. The second kappa shape index (κ2) is 9.00. The molecule has 0 saturated carbocycles. The van der Waals surface area contributed by atoms with Gasteiger partial charge in [0.15, 0.2) is 0 Å². The quantitative estimate of drug-likeness (QED) is 0.730. The Morgan fingerprint density at radius 3 is 2.40 bits per heavy atom. The molecule has 0 bridgehead atoms. The van der Waals surface area contributed by atoms with Gasteiger partial charge < -0.3 is 9.47 Å². The molecule has 1 N–H and O–H groups in total. The largest absolute Gasteiger partial charge is 0.497 e. The highest BCUT2D eigenvalue weighted by atomic mass is 32.2. The molecule has 6 nitrogen and oxygen atoms in total. The van der Waals surface area contributed by atoms with Crippen LogP contribution in [0.4, 0.5) is 0 Å². The predicted molar refractivity (Wildman–Crippen MR) is 95.2 cm³/mol. The Labute approximate surface area is 147 Å². The summed E-state index contributed by atoms with van der Waals surface area (Å²) in [6.45, 7) is -0.373. The van der Waals surface area contributed by atoms with E-state index in [1.165, 1.54) is 6.08 Å². The molecule has 2 rings (SSSR count). The molecular weight excluding hydrogens is 342 g/mol. The molecule has 0 aliphatic rings. The van der Waals surface area contributed by atoms with Crippen molar-refractivity contribution in [3.63, 3.8) is 0 Å². The fraction of sp³-hybridized carbons (Fsp3) is 0.167. The SMILES string of the molecule is COc1ccc(COC(=O)CNS(=O)(=O)/C=C/c2ccccc2)cc1. The Hall–Kier alpha value is -2.64. The van der Waals surface area contributed by atoms with Gasteiger partial charge in [-0.25, -0.2) is 13.1 Å². The van der Waals surface area contributed by atoms with E-state index in [1.54, 1.807) is 55.6 Å². The van der Waals surface area contributed by atoms with Gasteiger partial charge in [-0.1, -0.05) is 42.5 Å². The van der Waals surface area contributed by atoms with Crippen molar-refractivity contribution in [1.82, 2.24) is 4.72 Å². The van der Waals surface area contributed by atoms with E-state index in [2.05, 4.69) is 4.72 Å². The Kier molecular flexibility index (Phi) is 6.73. The summed E-state index contributed by atoms with van der Waals surface area (Å²) in [4.78, 5) is 11.7. The Morgan fingerprint density at radius 2 is 1.76 bits per heavy atom. The van der Waals surface area contributed by atoms with Crippen molar-refractivity contribution in [2.24, 2.45) is 0 Å². The number of benzene rings is 2. The van der Waals surface area contributed by atoms with E-state index in [9.17, 15) is 13.2 Å². The molecule has 0 saturated heterocycles. The first-order valence-corrected chi connectivity index (χ1v) is 9.04. The lowest BCUT2D eigenvalue weighted by atomic mass is 10.2. The summed E-state index contributed by atoms with van der Waals surface area (Å²) in [6.07, 6.45) is 1.45. The molecule has 0 radical (unpaired) electrons. The monoisotopic (exact) mass is 361 g/mol. The average molecular weight is 361 g/mol. The summed E-state index contributed by atoms with van der Waals surface area (Å²) in [6, 6.07) is 16.0. The van der Waals surface area contributed by atoms with Crippen LogP contribution in [-0.2, 0) is 26.2 Å². The summed E-state index contributed by atoms with van der Waals surface area (Å²) in [5.41, 5.74) is 1.52. The molecule has 132 valence electrons. The van der Waals surface area contributed by atoms with E-state index in [4.69, 9.17) is 9.47 Å². The van der Waals surface area contributed by atoms with Crippen LogP contribution in [0.2, 0.25) is 0 Å². The van der Waals surface area contributed by atoms with Crippen LogP contribution in [-0.4, -0.2) is 28.0 Å². The lowest BCUT2D eigenvalue weighted by molar-refractivity contribution is -0.143. The van der Waals surface area contributed by atoms with Gasteiger partial charge in [0.2, 0.25) is 10.0 Å². The van der Waals surface area contributed by atoms with Crippen molar-refractivity contribution in [1.29, 1.82) is 0 Å². The topological polar surface area (TPSA) is 81.7 Å². The normalized spacial score (nSPS) is 11.4. The molecule has 2 aromatic carbocycles. The first-order valence-electron chi connectivity index (χ1n) is 7.50.